The van der Waals surface area contributed by atoms with E-state index in [2.05, 4.69) is 19.2 Å². The van der Waals surface area contributed by atoms with Gasteiger partial charge >= 0.3 is 0 Å². The zero-order valence-corrected chi connectivity index (χ0v) is 29.0. The summed E-state index contributed by atoms with van der Waals surface area (Å²) in [5.41, 5.74) is 0. The average molecular weight is 642 g/mol. The Labute approximate surface area is 281 Å². The Morgan fingerprint density at radius 1 is 0.609 bits per heavy atom. The van der Waals surface area contributed by atoms with Crippen molar-refractivity contribution in [3.63, 3.8) is 0 Å². The molecule has 0 aromatic heterocycles. The van der Waals surface area contributed by atoms with E-state index in [1.54, 1.807) is 30.4 Å². The number of carbonyl (C=O) groups is 1. The van der Waals surface area contributed by atoms with Crippen molar-refractivity contribution in [1.82, 2.24) is 5.32 Å². The summed E-state index contributed by atoms with van der Waals surface area (Å²) >= 11 is 0. The fourth-order valence-electron chi connectivity index (χ4n) is 4.73. The molecule has 0 bridgehead atoms. The van der Waals surface area contributed by atoms with Gasteiger partial charge in [-0.25, -0.2) is 0 Å². The van der Waals surface area contributed by atoms with Crippen molar-refractivity contribution < 1.29 is 25.2 Å². The van der Waals surface area contributed by atoms with E-state index in [1.807, 2.05) is 54.7 Å². The molecule has 0 radical (unpaired) electrons. The molecule has 4 atom stereocenters. The van der Waals surface area contributed by atoms with Crippen LogP contribution in [0.3, 0.4) is 0 Å². The number of aliphatic hydroxyl groups is 4. The molecule has 262 valence electrons. The van der Waals surface area contributed by atoms with Crippen molar-refractivity contribution in [2.75, 3.05) is 6.61 Å². The van der Waals surface area contributed by atoms with Gasteiger partial charge in [0.1, 0.15) is 0 Å². The van der Waals surface area contributed by atoms with Crippen LogP contribution < -0.4 is 5.32 Å². The summed E-state index contributed by atoms with van der Waals surface area (Å²) in [6.07, 6.45) is 43.0. The summed E-state index contributed by atoms with van der Waals surface area (Å²) in [5.74, 6) is -0.197. The van der Waals surface area contributed by atoms with Gasteiger partial charge in [0.2, 0.25) is 5.91 Å². The number of amides is 1. The van der Waals surface area contributed by atoms with Gasteiger partial charge in [-0.2, -0.15) is 0 Å². The molecule has 46 heavy (non-hydrogen) atoms. The first-order chi connectivity index (χ1) is 22.4. The summed E-state index contributed by atoms with van der Waals surface area (Å²) in [7, 11) is 0. The van der Waals surface area contributed by atoms with Crippen LogP contribution in [0, 0.1) is 0 Å². The lowest BCUT2D eigenvalue weighted by Crippen LogP contribution is -2.45. The Bertz CT molecular complexity index is 901. The number of rotatable bonds is 30. The van der Waals surface area contributed by atoms with Gasteiger partial charge in [-0.15, -0.1) is 0 Å². The van der Waals surface area contributed by atoms with E-state index >= 15 is 0 Å². The molecular weight excluding hydrogens is 574 g/mol. The molecule has 0 aromatic carbocycles. The van der Waals surface area contributed by atoms with Gasteiger partial charge in [0.05, 0.1) is 31.0 Å². The van der Waals surface area contributed by atoms with Crippen LogP contribution in [0.1, 0.15) is 129 Å². The number of aliphatic hydroxyl groups excluding tert-OH is 4. The lowest BCUT2D eigenvalue weighted by atomic mass is 10.0. The SMILES string of the molecule is CC/C=C\C[C@H](O)/C=C/C=C\C=C\[C@H](O)C/C=C\C/C=C\CCC(=O)N[C@@H](CO)[C@H](O)/C=C/CCCCCCCCCCCCC. The van der Waals surface area contributed by atoms with Gasteiger partial charge < -0.3 is 25.7 Å². The topological polar surface area (TPSA) is 110 Å². The first-order valence-corrected chi connectivity index (χ1v) is 18.0. The predicted octanol–water partition coefficient (Wildman–Crippen LogP) is 8.50. The van der Waals surface area contributed by atoms with Crippen molar-refractivity contribution >= 4 is 5.91 Å². The van der Waals surface area contributed by atoms with Gasteiger partial charge in [0.25, 0.3) is 0 Å². The Morgan fingerprint density at radius 2 is 1.15 bits per heavy atom. The molecule has 0 rings (SSSR count). The first kappa shape index (κ1) is 43.5. The number of carbonyl (C=O) groups excluding carboxylic acids is 1. The summed E-state index contributed by atoms with van der Waals surface area (Å²) in [5, 5.41) is 42.6. The number of hydrogen-bond acceptors (Lipinski definition) is 5. The number of nitrogens with one attached hydrogen (secondary N) is 1. The quantitative estimate of drug-likeness (QED) is 0.0307. The summed E-state index contributed by atoms with van der Waals surface area (Å²) in [6.45, 7) is 4.00. The van der Waals surface area contributed by atoms with E-state index < -0.39 is 24.4 Å². The highest BCUT2D eigenvalue weighted by Crippen LogP contribution is 2.12. The minimum absolute atomic E-state index is 0.197. The van der Waals surface area contributed by atoms with Crippen LogP contribution >= 0.6 is 0 Å². The van der Waals surface area contributed by atoms with Gasteiger partial charge in [-0.1, -0.05) is 163 Å². The van der Waals surface area contributed by atoms with E-state index in [1.165, 1.54) is 64.2 Å². The lowest BCUT2D eigenvalue weighted by molar-refractivity contribution is -0.122. The summed E-state index contributed by atoms with van der Waals surface area (Å²) in [6, 6.07) is -0.702. The van der Waals surface area contributed by atoms with Crippen molar-refractivity contribution in [3.05, 3.63) is 85.1 Å². The van der Waals surface area contributed by atoms with Crippen molar-refractivity contribution in [2.24, 2.45) is 0 Å². The highest BCUT2D eigenvalue weighted by Gasteiger charge is 2.17. The molecule has 1 amide bonds. The Hall–Kier alpha value is -2.51. The van der Waals surface area contributed by atoms with E-state index in [0.29, 0.717) is 25.7 Å². The maximum absolute atomic E-state index is 12.3. The molecule has 6 nitrogen and oxygen atoms in total. The monoisotopic (exact) mass is 642 g/mol. The van der Waals surface area contributed by atoms with E-state index in [0.717, 1.165) is 19.3 Å². The van der Waals surface area contributed by atoms with Crippen molar-refractivity contribution in [2.45, 2.75) is 154 Å². The van der Waals surface area contributed by atoms with Crippen LogP contribution in [0.2, 0.25) is 0 Å². The molecule has 0 aliphatic heterocycles. The molecule has 0 saturated carbocycles. The molecule has 0 aliphatic carbocycles. The Balaban J connectivity index is 3.99. The standard InChI is InChI=1S/C40H67NO5/c1-3-5-7-8-9-10-11-12-13-14-15-19-27-33-39(45)38(35-42)41-40(46)34-28-20-17-16-18-24-30-37(44)32-26-22-21-25-31-36(43)29-23-6-4-2/h6,17-18,20-27,31-33,36-39,42-45H,3-5,7-16,19,28-30,34-35H2,1-2H3,(H,41,46)/b20-17-,22-21-,23-6-,24-18-,31-25+,32-26+,33-27+/t36-,37+,38-,39+/m0/s1. The predicted molar refractivity (Wildman–Crippen MR) is 195 cm³/mol. The smallest absolute Gasteiger partial charge is 0.220 e. The molecule has 0 heterocycles. The van der Waals surface area contributed by atoms with E-state index in [9.17, 15) is 25.2 Å². The van der Waals surface area contributed by atoms with E-state index in [4.69, 9.17) is 0 Å². The van der Waals surface area contributed by atoms with Crippen molar-refractivity contribution in [3.8, 4) is 0 Å². The van der Waals surface area contributed by atoms with Crippen LogP contribution in [0.25, 0.3) is 0 Å². The first-order valence-electron chi connectivity index (χ1n) is 18.0. The van der Waals surface area contributed by atoms with Gasteiger partial charge in [-0.3, -0.25) is 4.79 Å². The largest absolute Gasteiger partial charge is 0.394 e. The molecule has 6 heteroatoms. The third-order valence-electron chi connectivity index (χ3n) is 7.56. The van der Waals surface area contributed by atoms with Crippen LogP contribution in [0.15, 0.2) is 85.1 Å². The molecule has 0 saturated heterocycles. The maximum atomic E-state index is 12.3. The Kier molecular flexibility index (Phi) is 32.0. The van der Waals surface area contributed by atoms with Crippen LogP contribution in [-0.2, 0) is 4.79 Å². The second kappa shape index (κ2) is 33.8. The highest BCUT2D eigenvalue weighted by molar-refractivity contribution is 5.76. The second-order valence-electron chi connectivity index (χ2n) is 12.0. The number of unbranched alkanes of at least 4 members (excludes halogenated alkanes) is 11. The summed E-state index contributed by atoms with van der Waals surface area (Å²) in [4.78, 5) is 12.3. The minimum atomic E-state index is -0.905. The molecular formula is C40H67NO5. The fourth-order valence-corrected chi connectivity index (χ4v) is 4.73. The zero-order valence-electron chi connectivity index (χ0n) is 29.0. The lowest BCUT2D eigenvalue weighted by Gasteiger charge is -2.19. The van der Waals surface area contributed by atoms with Gasteiger partial charge in [0, 0.05) is 6.42 Å². The van der Waals surface area contributed by atoms with Crippen LogP contribution in [0.4, 0.5) is 0 Å². The van der Waals surface area contributed by atoms with Crippen LogP contribution in [0.5, 0.6) is 0 Å². The molecule has 0 aromatic rings. The van der Waals surface area contributed by atoms with Gasteiger partial charge in [-0.05, 0) is 44.9 Å². The molecule has 0 fully saturated rings. The fraction of sp³-hybridized carbons (Fsp3) is 0.625. The summed E-state index contributed by atoms with van der Waals surface area (Å²) < 4.78 is 0. The van der Waals surface area contributed by atoms with Crippen LogP contribution in [-0.4, -0.2) is 57.3 Å². The van der Waals surface area contributed by atoms with E-state index in [-0.39, 0.29) is 18.9 Å². The zero-order chi connectivity index (χ0) is 33.9. The van der Waals surface area contributed by atoms with Gasteiger partial charge in [0.15, 0.2) is 0 Å². The molecule has 0 spiro atoms. The molecule has 0 aliphatic rings. The molecule has 5 N–H and O–H groups in total. The Morgan fingerprint density at radius 3 is 1.72 bits per heavy atom. The second-order valence-corrected chi connectivity index (χ2v) is 12.0. The third kappa shape index (κ3) is 30.2. The number of allylic oxidation sites excluding steroid dienone is 9. The highest BCUT2D eigenvalue weighted by atomic mass is 16.3. The van der Waals surface area contributed by atoms with Crippen molar-refractivity contribution in [1.29, 1.82) is 0 Å². The third-order valence-corrected chi connectivity index (χ3v) is 7.56. The molecule has 0 unspecified atom stereocenters. The normalized spacial score (nSPS) is 15.5. The number of hydrogen-bond donors (Lipinski definition) is 5. The maximum Gasteiger partial charge on any atom is 0.220 e. The average Bonchev–Trinajstić information content (AvgIpc) is 3.04. The minimum Gasteiger partial charge on any atom is -0.394 e.